The van der Waals surface area contributed by atoms with Crippen LogP contribution in [0.3, 0.4) is 0 Å². The van der Waals surface area contributed by atoms with Crippen molar-refractivity contribution in [1.82, 2.24) is 4.90 Å². The monoisotopic (exact) mass is 424 g/mol. The smallest absolute Gasteiger partial charge is 0.222 e. The molecule has 3 heterocycles. The topological polar surface area (TPSA) is 50.8 Å². The third-order valence-corrected chi connectivity index (χ3v) is 6.94. The van der Waals surface area contributed by atoms with E-state index in [1.165, 1.54) is 28.9 Å². The summed E-state index contributed by atoms with van der Waals surface area (Å²) in [7, 11) is 0. The molecule has 2 unspecified atom stereocenters. The predicted molar refractivity (Wildman–Crippen MR) is 116 cm³/mol. The Morgan fingerprint density at radius 3 is 2.71 bits per heavy atom. The fourth-order valence-electron chi connectivity index (χ4n) is 5.18. The number of anilines is 1. The van der Waals surface area contributed by atoms with Gasteiger partial charge in [-0.15, -0.1) is 0 Å². The number of nitrogens with one attached hydrogen (secondary N) is 1. The molecule has 2 fully saturated rings. The second-order valence-electron chi connectivity index (χ2n) is 8.72. The first-order valence-electron chi connectivity index (χ1n) is 11.3. The summed E-state index contributed by atoms with van der Waals surface area (Å²) in [6, 6.07) is 13.2. The number of rotatable bonds is 5. The molecule has 2 aromatic rings. The molecule has 0 radical (unpaired) electrons. The van der Waals surface area contributed by atoms with Gasteiger partial charge in [0.05, 0.1) is 13.2 Å². The van der Waals surface area contributed by atoms with E-state index in [4.69, 9.17) is 9.47 Å². The number of aryl methyl sites for hydroxylation is 1. The largest absolute Gasteiger partial charge is 0.381 e. The van der Waals surface area contributed by atoms with Crippen molar-refractivity contribution in [2.24, 2.45) is 0 Å². The molecule has 5 rings (SSSR count). The van der Waals surface area contributed by atoms with Gasteiger partial charge in [-0.3, -0.25) is 4.79 Å². The fourth-order valence-corrected chi connectivity index (χ4v) is 5.18. The maximum atomic E-state index is 13.4. The molecule has 6 heteroatoms. The minimum Gasteiger partial charge on any atom is -0.381 e. The molecular formula is C25H29FN2O3. The number of nitrogens with zero attached hydrogens (tertiary/aromatic N) is 1. The highest BCUT2D eigenvalue weighted by Gasteiger charge is 2.41. The Balaban J connectivity index is 1.27. The van der Waals surface area contributed by atoms with Crippen molar-refractivity contribution in [1.29, 1.82) is 0 Å². The zero-order valence-electron chi connectivity index (χ0n) is 17.9. The zero-order valence-corrected chi connectivity index (χ0v) is 17.9. The van der Waals surface area contributed by atoms with Crippen LogP contribution in [0.1, 0.15) is 48.8 Å². The Kier molecular flexibility index (Phi) is 5.44. The molecule has 164 valence electrons. The molecule has 2 aromatic carbocycles. The number of amides is 1. The minimum atomic E-state index is -0.959. The highest BCUT2D eigenvalue weighted by molar-refractivity contribution is 5.77. The van der Waals surface area contributed by atoms with Crippen molar-refractivity contribution in [3.63, 3.8) is 0 Å². The Morgan fingerprint density at radius 2 is 1.97 bits per heavy atom. The van der Waals surface area contributed by atoms with Gasteiger partial charge in [0.2, 0.25) is 5.91 Å². The van der Waals surface area contributed by atoms with Gasteiger partial charge in [-0.05, 0) is 42.2 Å². The van der Waals surface area contributed by atoms with Crippen LogP contribution in [-0.2, 0) is 26.5 Å². The summed E-state index contributed by atoms with van der Waals surface area (Å²) in [4.78, 5) is 15.1. The summed E-state index contributed by atoms with van der Waals surface area (Å²) in [6.07, 6.45) is 2.72. The second kappa shape index (κ2) is 8.24. The molecule has 2 atom stereocenters. The molecule has 5 nitrogen and oxygen atoms in total. The molecule has 0 saturated carbocycles. The molecule has 0 aliphatic carbocycles. The minimum absolute atomic E-state index is 0.124. The third-order valence-electron chi connectivity index (χ3n) is 6.94. The van der Waals surface area contributed by atoms with Crippen LogP contribution in [0, 0.1) is 5.82 Å². The summed E-state index contributed by atoms with van der Waals surface area (Å²) in [5.41, 5.74) is 4.65. The number of benzene rings is 2. The number of likely N-dealkylation sites (tertiary alicyclic amines) is 1. The van der Waals surface area contributed by atoms with Gasteiger partial charge in [-0.1, -0.05) is 31.2 Å². The van der Waals surface area contributed by atoms with E-state index >= 15 is 0 Å². The van der Waals surface area contributed by atoms with Crippen molar-refractivity contribution in [2.75, 3.05) is 31.6 Å². The van der Waals surface area contributed by atoms with E-state index in [1.807, 2.05) is 4.90 Å². The standard InChI is InChI=1S/C25H29FN2O3/c1-2-17-3-8-22-20(15-17)21-16-28(12-10-23(21)27-22)24(29)9-11-25(30-13-14-31-25)18-4-6-19(26)7-5-18/h3-8,15,21,23,27H,2,9-14,16H2,1H3. The van der Waals surface area contributed by atoms with Gasteiger partial charge in [0.15, 0.2) is 5.79 Å². The maximum Gasteiger partial charge on any atom is 0.222 e. The summed E-state index contributed by atoms with van der Waals surface area (Å²) in [5.74, 6) is -0.796. The van der Waals surface area contributed by atoms with Gasteiger partial charge in [-0.25, -0.2) is 4.39 Å². The highest BCUT2D eigenvalue weighted by Crippen LogP contribution is 2.41. The summed E-state index contributed by atoms with van der Waals surface area (Å²) in [5, 5.41) is 3.65. The van der Waals surface area contributed by atoms with Crippen LogP contribution in [0.15, 0.2) is 42.5 Å². The van der Waals surface area contributed by atoms with Gasteiger partial charge < -0.3 is 19.7 Å². The summed E-state index contributed by atoms with van der Waals surface area (Å²) < 4.78 is 25.2. The van der Waals surface area contributed by atoms with E-state index in [0.29, 0.717) is 38.0 Å². The van der Waals surface area contributed by atoms with Crippen molar-refractivity contribution < 1.29 is 18.7 Å². The number of fused-ring (bicyclic) bond motifs is 3. The third kappa shape index (κ3) is 3.83. The highest BCUT2D eigenvalue weighted by atomic mass is 19.1. The number of halogens is 1. The molecule has 0 aromatic heterocycles. The molecule has 1 amide bonds. The molecule has 3 aliphatic rings. The predicted octanol–water partition coefficient (Wildman–Crippen LogP) is 4.18. The van der Waals surface area contributed by atoms with Gasteiger partial charge in [0, 0.05) is 49.1 Å². The van der Waals surface area contributed by atoms with E-state index in [9.17, 15) is 9.18 Å². The van der Waals surface area contributed by atoms with Crippen LogP contribution >= 0.6 is 0 Å². The number of piperidine rings is 1. The first-order chi connectivity index (χ1) is 15.1. The van der Waals surface area contributed by atoms with Crippen LogP contribution in [0.4, 0.5) is 10.1 Å². The quantitative estimate of drug-likeness (QED) is 0.783. The van der Waals surface area contributed by atoms with E-state index in [1.54, 1.807) is 12.1 Å². The van der Waals surface area contributed by atoms with Crippen molar-refractivity contribution in [3.8, 4) is 0 Å². The van der Waals surface area contributed by atoms with E-state index < -0.39 is 5.79 Å². The first-order valence-corrected chi connectivity index (χ1v) is 11.3. The molecule has 2 saturated heterocycles. The molecule has 1 N–H and O–H groups in total. The molecule has 3 aliphatic heterocycles. The first kappa shape index (κ1) is 20.5. The molecule has 31 heavy (non-hydrogen) atoms. The van der Waals surface area contributed by atoms with Gasteiger partial charge in [0.25, 0.3) is 0 Å². The second-order valence-corrected chi connectivity index (χ2v) is 8.72. The Bertz CT molecular complexity index is 956. The number of ether oxygens (including phenoxy) is 2. The lowest BCUT2D eigenvalue weighted by Gasteiger charge is -2.36. The Morgan fingerprint density at radius 1 is 1.19 bits per heavy atom. The lowest BCUT2D eigenvalue weighted by Crippen LogP contribution is -2.45. The van der Waals surface area contributed by atoms with Gasteiger partial charge in [0.1, 0.15) is 5.82 Å². The molecule has 0 spiro atoms. The van der Waals surface area contributed by atoms with Crippen molar-refractivity contribution >= 4 is 11.6 Å². The number of carbonyl (C=O) groups is 1. The van der Waals surface area contributed by atoms with E-state index in [0.717, 1.165) is 31.5 Å². The Hall–Kier alpha value is -2.44. The van der Waals surface area contributed by atoms with Crippen LogP contribution < -0.4 is 5.32 Å². The molecular weight excluding hydrogens is 395 g/mol. The van der Waals surface area contributed by atoms with E-state index in [2.05, 4.69) is 30.4 Å². The normalized spacial score (nSPS) is 23.9. The fraction of sp³-hybridized carbons (Fsp3) is 0.480. The van der Waals surface area contributed by atoms with Crippen molar-refractivity contribution in [3.05, 3.63) is 65.0 Å². The van der Waals surface area contributed by atoms with Crippen LogP contribution in [0.5, 0.6) is 0 Å². The van der Waals surface area contributed by atoms with Crippen LogP contribution in [0.25, 0.3) is 0 Å². The lowest BCUT2D eigenvalue weighted by atomic mass is 9.88. The van der Waals surface area contributed by atoms with Crippen LogP contribution in [-0.4, -0.2) is 43.2 Å². The van der Waals surface area contributed by atoms with Gasteiger partial charge >= 0.3 is 0 Å². The number of carbonyl (C=O) groups excluding carboxylic acids is 1. The lowest BCUT2D eigenvalue weighted by molar-refractivity contribution is -0.175. The SMILES string of the molecule is CCc1ccc2c(c1)C1CN(C(=O)CCC3(c4ccc(F)cc4)OCCO3)CCC1N2. The average Bonchev–Trinajstić information content (AvgIpc) is 3.42. The van der Waals surface area contributed by atoms with Crippen molar-refractivity contribution in [2.45, 2.75) is 50.4 Å². The average molecular weight is 425 g/mol. The Labute approximate surface area is 182 Å². The van der Waals surface area contributed by atoms with E-state index in [-0.39, 0.29) is 11.7 Å². The number of hydrogen-bond donors (Lipinski definition) is 1. The molecule has 0 bridgehead atoms. The van der Waals surface area contributed by atoms with Gasteiger partial charge in [-0.2, -0.15) is 0 Å². The number of hydrogen-bond acceptors (Lipinski definition) is 4. The zero-order chi connectivity index (χ0) is 21.4. The maximum absolute atomic E-state index is 13.4. The summed E-state index contributed by atoms with van der Waals surface area (Å²) >= 11 is 0. The van der Waals surface area contributed by atoms with Crippen LogP contribution in [0.2, 0.25) is 0 Å². The summed E-state index contributed by atoms with van der Waals surface area (Å²) in [6.45, 7) is 4.61.